The first-order valence-corrected chi connectivity index (χ1v) is 7.85. The highest BCUT2D eigenvalue weighted by molar-refractivity contribution is 9.11. The van der Waals surface area contributed by atoms with Crippen LogP contribution in [-0.2, 0) is 0 Å². The zero-order chi connectivity index (χ0) is 14.2. The predicted molar refractivity (Wildman–Crippen MR) is 85.8 cm³/mol. The molecule has 2 rings (SSSR count). The van der Waals surface area contributed by atoms with Crippen LogP contribution in [0.15, 0.2) is 34.8 Å². The lowest BCUT2D eigenvalue weighted by molar-refractivity contribution is 0.619. The van der Waals surface area contributed by atoms with E-state index in [2.05, 4.69) is 31.9 Å². The summed E-state index contributed by atoms with van der Waals surface area (Å²) in [5.74, 6) is -0.276. The van der Waals surface area contributed by atoms with Crippen molar-refractivity contribution in [1.29, 1.82) is 0 Å². The third-order valence-corrected chi connectivity index (χ3v) is 5.29. The van der Waals surface area contributed by atoms with E-state index < -0.39 is 0 Å². The number of hydrogen-bond donors (Lipinski definition) is 0. The predicted octanol–water partition coefficient (Wildman–Crippen LogP) is 6.34. The summed E-state index contributed by atoms with van der Waals surface area (Å²) in [5.41, 5.74) is 4.07. The lowest BCUT2D eigenvalue weighted by atomic mass is 10.00. The van der Waals surface area contributed by atoms with E-state index in [-0.39, 0.29) is 10.6 Å². The van der Waals surface area contributed by atoms with Crippen LogP contribution in [0.2, 0.25) is 5.02 Å². The summed E-state index contributed by atoms with van der Waals surface area (Å²) in [5, 5.41) is 0.682. The summed E-state index contributed by atoms with van der Waals surface area (Å²) in [6.07, 6.45) is 0. The smallest absolute Gasteiger partial charge is 0.137 e. The van der Waals surface area contributed by atoms with Gasteiger partial charge in [0.1, 0.15) is 5.82 Å². The Kier molecular flexibility index (Phi) is 4.70. The second-order valence-corrected chi connectivity index (χ2v) is 6.58. The zero-order valence-electron chi connectivity index (χ0n) is 10.5. The molecule has 0 bridgehead atoms. The molecule has 4 heteroatoms. The second kappa shape index (κ2) is 5.94. The summed E-state index contributed by atoms with van der Waals surface area (Å²) in [7, 11) is 0. The first kappa shape index (κ1) is 15.0. The monoisotopic (exact) mass is 404 g/mol. The van der Waals surface area contributed by atoms with E-state index >= 15 is 0 Å². The Morgan fingerprint density at radius 3 is 2.42 bits per heavy atom. The van der Waals surface area contributed by atoms with Gasteiger partial charge < -0.3 is 0 Å². The zero-order valence-corrected chi connectivity index (χ0v) is 14.4. The number of rotatable bonds is 2. The Hall–Kier alpha value is -0.380. The van der Waals surface area contributed by atoms with E-state index in [9.17, 15) is 4.39 Å². The van der Waals surface area contributed by atoms with Gasteiger partial charge in [0.2, 0.25) is 0 Å². The van der Waals surface area contributed by atoms with Crippen molar-refractivity contribution in [2.75, 3.05) is 0 Å². The van der Waals surface area contributed by atoms with Gasteiger partial charge >= 0.3 is 0 Å². The van der Waals surface area contributed by atoms with Gasteiger partial charge in [0, 0.05) is 5.02 Å². The first-order valence-electron chi connectivity index (χ1n) is 5.76. The molecule has 0 saturated heterocycles. The molecule has 0 amide bonds. The lowest BCUT2D eigenvalue weighted by Crippen LogP contribution is -1.98. The molecule has 2 aromatic carbocycles. The Balaban J connectivity index is 2.53. The molecular formula is C15H12Br2ClF. The maximum Gasteiger partial charge on any atom is 0.137 e. The number of halogens is 4. The molecule has 1 atom stereocenters. The van der Waals surface area contributed by atoms with Gasteiger partial charge in [-0.05, 0) is 64.2 Å². The van der Waals surface area contributed by atoms with Crippen LogP contribution in [0, 0.1) is 19.7 Å². The van der Waals surface area contributed by atoms with Crippen LogP contribution in [-0.4, -0.2) is 0 Å². The summed E-state index contributed by atoms with van der Waals surface area (Å²) in [4.78, 5) is -0.149. The maximum absolute atomic E-state index is 13.6. The summed E-state index contributed by atoms with van der Waals surface area (Å²) < 4.78 is 14.1. The average molecular weight is 407 g/mol. The van der Waals surface area contributed by atoms with Crippen molar-refractivity contribution in [3.63, 3.8) is 0 Å². The minimum Gasteiger partial charge on any atom is -0.206 e. The molecule has 0 aromatic heterocycles. The molecule has 100 valence electrons. The molecule has 0 aliphatic rings. The molecule has 1 unspecified atom stereocenters. The van der Waals surface area contributed by atoms with Crippen molar-refractivity contribution >= 4 is 43.5 Å². The normalized spacial score (nSPS) is 12.5. The van der Waals surface area contributed by atoms with Gasteiger partial charge in [-0.25, -0.2) is 4.39 Å². The van der Waals surface area contributed by atoms with Crippen molar-refractivity contribution in [3.05, 3.63) is 67.9 Å². The number of benzene rings is 2. The quantitative estimate of drug-likeness (QED) is 0.510. The standard InChI is InChI=1S/C15H12Br2ClF/c1-8-6-11(12(18)7-9(8)2)14(16)10-4-3-5-13(19)15(10)17/h3-7,14H,1-2H3. The third kappa shape index (κ3) is 3.04. The Bertz CT molecular complexity index is 626. The van der Waals surface area contributed by atoms with Crippen molar-refractivity contribution in [1.82, 2.24) is 0 Å². The second-order valence-electron chi connectivity index (χ2n) is 4.46. The van der Waals surface area contributed by atoms with Gasteiger partial charge in [0.25, 0.3) is 0 Å². The van der Waals surface area contributed by atoms with Gasteiger partial charge in [-0.3, -0.25) is 0 Å². The van der Waals surface area contributed by atoms with Crippen LogP contribution in [0.1, 0.15) is 27.1 Å². The molecule has 2 aromatic rings. The fourth-order valence-electron chi connectivity index (χ4n) is 1.88. The molecule has 0 radical (unpaired) electrons. The van der Waals surface area contributed by atoms with Gasteiger partial charge in [0.15, 0.2) is 0 Å². The van der Waals surface area contributed by atoms with E-state index in [1.165, 1.54) is 6.07 Å². The molecule has 19 heavy (non-hydrogen) atoms. The van der Waals surface area contributed by atoms with Crippen LogP contribution >= 0.6 is 43.5 Å². The molecule has 0 saturated carbocycles. The van der Waals surface area contributed by atoms with Crippen molar-refractivity contribution in [3.8, 4) is 0 Å². The van der Waals surface area contributed by atoms with E-state index in [4.69, 9.17) is 11.6 Å². The van der Waals surface area contributed by atoms with Gasteiger partial charge in [-0.15, -0.1) is 0 Å². The first-order chi connectivity index (χ1) is 8.91. The number of aryl methyl sites for hydroxylation is 2. The van der Waals surface area contributed by atoms with Gasteiger partial charge in [-0.2, -0.15) is 0 Å². The molecule has 0 aliphatic heterocycles. The topological polar surface area (TPSA) is 0 Å². The van der Waals surface area contributed by atoms with Crippen LogP contribution in [0.25, 0.3) is 0 Å². The summed E-state index contributed by atoms with van der Waals surface area (Å²) in [6, 6.07) is 8.97. The lowest BCUT2D eigenvalue weighted by Gasteiger charge is -2.16. The highest BCUT2D eigenvalue weighted by Crippen LogP contribution is 2.40. The third-order valence-electron chi connectivity index (χ3n) is 3.14. The Labute approximate surface area is 134 Å². The van der Waals surface area contributed by atoms with Crippen LogP contribution in [0.4, 0.5) is 4.39 Å². The average Bonchev–Trinajstić information content (AvgIpc) is 2.36. The van der Waals surface area contributed by atoms with E-state index in [1.807, 2.05) is 32.0 Å². The molecule has 0 nitrogen and oxygen atoms in total. The fourth-order valence-corrected chi connectivity index (χ4v) is 3.90. The SMILES string of the molecule is Cc1cc(Cl)c(C(Br)c2cccc(F)c2Br)cc1C. The summed E-state index contributed by atoms with van der Waals surface area (Å²) in [6.45, 7) is 4.06. The molecule has 0 fully saturated rings. The molecule has 0 aliphatic carbocycles. The molecule has 0 heterocycles. The minimum atomic E-state index is -0.276. The highest BCUT2D eigenvalue weighted by Gasteiger charge is 2.18. The van der Waals surface area contributed by atoms with Gasteiger partial charge in [-0.1, -0.05) is 45.7 Å². The van der Waals surface area contributed by atoms with E-state index in [0.717, 1.165) is 22.3 Å². The van der Waals surface area contributed by atoms with E-state index in [0.29, 0.717) is 9.50 Å². The fraction of sp³-hybridized carbons (Fsp3) is 0.200. The Morgan fingerprint density at radius 1 is 1.11 bits per heavy atom. The van der Waals surface area contributed by atoms with Crippen molar-refractivity contribution in [2.24, 2.45) is 0 Å². The highest BCUT2D eigenvalue weighted by atomic mass is 79.9. The van der Waals surface area contributed by atoms with Crippen LogP contribution in [0.5, 0.6) is 0 Å². The Morgan fingerprint density at radius 2 is 1.74 bits per heavy atom. The van der Waals surface area contributed by atoms with E-state index in [1.54, 1.807) is 6.07 Å². The number of hydrogen-bond acceptors (Lipinski definition) is 0. The van der Waals surface area contributed by atoms with Gasteiger partial charge in [0.05, 0.1) is 9.30 Å². The minimum absolute atomic E-state index is 0.149. The molecule has 0 N–H and O–H groups in total. The maximum atomic E-state index is 13.6. The largest absolute Gasteiger partial charge is 0.206 e. The van der Waals surface area contributed by atoms with Crippen LogP contribution in [0.3, 0.4) is 0 Å². The summed E-state index contributed by atoms with van der Waals surface area (Å²) >= 11 is 13.2. The van der Waals surface area contributed by atoms with Crippen LogP contribution < -0.4 is 0 Å². The molecule has 0 spiro atoms. The van der Waals surface area contributed by atoms with Crippen molar-refractivity contribution in [2.45, 2.75) is 18.7 Å². The van der Waals surface area contributed by atoms with Crippen molar-refractivity contribution < 1.29 is 4.39 Å². The molecular weight excluding hydrogens is 394 g/mol. The number of alkyl halides is 1.